The van der Waals surface area contributed by atoms with Crippen LogP contribution in [0.5, 0.6) is 0 Å². The van der Waals surface area contributed by atoms with Crippen LogP contribution in [-0.4, -0.2) is 32.4 Å². The largest absolute Gasteiger partial charge is 0.393 e. The molecule has 1 fully saturated rings. The van der Waals surface area contributed by atoms with E-state index >= 15 is 0 Å². The van der Waals surface area contributed by atoms with Gasteiger partial charge in [-0.1, -0.05) is 24.4 Å². The van der Waals surface area contributed by atoms with Crippen LogP contribution >= 0.6 is 11.6 Å². The predicted molar refractivity (Wildman–Crippen MR) is 74.5 cm³/mol. The van der Waals surface area contributed by atoms with Crippen LogP contribution in [0.15, 0.2) is 18.3 Å². The van der Waals surface area contributed by atoms with E-state index in [9.17, 15) is 5.11 Å². The van der Waals surface area contributed by atoms with Crippen molar-refractivity contribution in [3.63, 3.8) is 0 Å². The molecule has 0 aliphatic heterocycles. The first-order valence-electron chi connectivity index (χ1n) is 6.66. The summed E-state index contributed by atoms with van der Waals surface area (Å²) in [5, 5.41) is 18.1. The smallest absolute Gasteiger partial charge is 0.243 e. The molecule has 5 nitrogen and oxygen atoms in total. The summed E-state index contributed by atoms with van der Waals surface area (Å²) >= 11 is 5.90. The van der Waals surface area contributed by atoms with Gasteiger partial charge >= 0.3 is 0 Å². The molecule has 0 saturated heterocycles. The number of fused-ring (bicyclic) bond motifs is 1. The minimum Gasteiger partial charge on any atom is -0.393 e. The molecule has 2 aromatic heterocycles. The van der Waals surface area contributed by atoms with E-state index in [0.29, 0.717) is 23.4 Å². The lowest BCUT2D eigenvalue weighted by molar-refractivity contribution is 0.0762. The van der Waals surface area contributed by atoms with Crippen LogP contribution in [-0.2, 0) is 0 Å². The molecule has 19 heavy (non-hydrogen) atoms. The molecule has 102 valence electrons. The van der Waals surface area contributed by atoms with Crippen LogP contribution < -0.4 is 5.32 Å². The highest BCUT2D eigenvalue weighted by Crippen LogP contribution is 2.24. The second-order valence-corrected chi connectivity index (χ2v) is 5.51. The van der Waals surface area contributed by atoms with Crippen molar-refractivity contribution in [1.82, 2.24) is 14.6 Å². The molecule has 0 spiro atoms. The van der Waals surface area contributed by atoms with E-state index in [4.69, 9.17) is 11.6 Å². The average Bonchev–Trinajstić information content (AvgIpc) is 2.79. The van der Waals surface area contributed by atoms with Crippen molar-refractivity contribution in [3.8, 4) is 0 Å². The Bertz CT molecular complexity index is 571. The highest BCUT2D eigenvalue weighted by molar-refractivity contribution is 6.30. The standard InChI is InChI=1S/C13H17ClN4O/c14-10-5-6-12-16-13(17-18(12)8-10)15-7-9-3-1-2-4-11(9)19/h5-6,8-9,11,19H,1-4,7H2,(H,15,17). The number of hydrogen-bond donors (Lipinski definition) is 2. The van der Waals surface area contributed by atoms with E-state index in [1.165, 1.54) is 6.42 Å². The number of halogens is 1. The molecule has 2 heterocycles. The van der Waals surface area contributed by atoms with Crippen LogP contribution in [0.3, 0.4) is 0 Å². The van der Waals surface area contributed by atoms with Crippen LogP contribution in [0.25, 0.3) is 5.65 Å². The normalized spacial score (nSPS) is 23.7. The Morgan fingerprint density at radius 2 is 2.21 bits per heavy atom. The Labute approximate surface area is 116 Å². The summed E-state index contributed by atoms with van der Waals surface area (Å²) in [4.78, 5) is 4.36. The predicted octanol–water partition coefficient (Wildman–Crippen LogP) is 2.35. The third-order valence-electron chi connectivity index (χ3n) is 3.69. The lowest BCUT2D eigenvalue weighted by atomic mass is 9.86. The van der Waals surface area contributed by atoms with Crippen LogP contribution in [0.4, 0.5) is 5.95 Å². The minimum absolute atomic E-state index is 0.201. The summed E-state index contributed by atoms with van der Waals surface area (Å²) in [6.07, 6.45) is 5.81. The molecule has 1 aliphatic carbocycles. The average molecular weight is 281 g/mol. The molecule has 0 amide bonds. The molecule has 0 radical (unpaired) electrons. The fraction of sp³-hybridized carbons (Fsp3) is 0.538. The van der Waals surface area contributed by atoms with E-state index in [2.05, 4.69) is 15.4 Å². The lowest BCUT2D eigenvalue weighted by Gasteiger charge is -2.27. The van der Waals surface area contributed by atoms with Crippen molar-refractivity contribution in [2.24, 2.45) is 5.92 Å². The number of aliphatic hydroxyl groups is 1. The molecule has 2 aromatic rings. The van der Waals surface area contributed by atoms with E-state index in [-0.39, 0.29) is 6.10 Å². The van der Waals surface area contributed by atoms with Gasteiger partial charge < -0.3 is 10.4 Å². The molecule has 1 aliphatic rings. The minimum atomic E-state index is -0.201. The van der Waals surface area contributed by atoms with Crippen molar-refractivity contribution in [2.45, 2.75) is 31.8 Å². The summed E-state index contributed by atoms with van der Waals surface area (Å²) in [5.41, 5.74) is 0.760. The van der Waals surface area contributed by atoms with Crippen LogP contribution in [0.2, 0.25) is 5.02 Å². The molecule has 2 unspecified atom stereocenters. The third-order valence-corrected chi connectivity index (χ3v) is 3.91. The topological polar surface area (TPSA) is 62.5 Å². The number of aromatic nitrogens is 3. The lowest BCUT2D eigenvalue weighted by Crippen LogP contribution is -2.30. The summed E-state index contributed by atoms with van der Waals surface area (Å²) in [6.45, 7) is 0.714. The first-order chi connectivity index (χ1) is 9.22. The zero-order valence-electron chi connectivity index (χ0n) is 10.6. The Kier molecular flexibility index (Phi) is 3.57. The molecule has 0 bridgehead atoms. The number of anilines is 1. The maximum absolute atomic E-state index is 9.92. The number of hydrogen-bond acceptors (Lipinski definition) is 4. The first kappa shape index (κ1) is 12.7. The van der Waals surface area contributed by atoms with Crippen molar-refractivity contribution in [3.05, 3.63) is 23.4 Å². The summed E-state index contributed by atoms with van der Waals surface area (Å²) in [6, 6.07) is 3.62. The highest BCUT2D eigenvalue weighted by atomic mass is 35.5. The van der Waals surface area contributed by atoms with Gasteiger partial charge in [-0.15, -0.1) is 5.10 Å². The zero-order valence-corrected chi connectivity index (χ0v) is 11.3. The maximum atomic E-state index is 9.92. The highest BCUT2D eigenvalue weighted by Gasteiger charge is 2.22. The number of rotatable bonds is 3. The first-order valence-corrected chi connectivity index (χ1v) is 7.04. The van der Waals surface area contributed by atoms with Gasteiger partial charge in [0.15, 0.2) is 5.65 Å². The number of aliphatic hydroxyl groups excluding tert-OH is 1. The Hall–Kier alpha value is -1.33. The van der Waals surface area contributed by atoms with Gasteiger partial charge in [0.25, 0.3) is 0 Å². The summed E-state index contributed by atoms with van der Waals surface area (Å²) < 4.78 is 1.65. The van der Waals surface area contributed by atoms with Gasteiger partial charge in [0.05, 0.1) is 11.1 Å². The van der Waals surface area contributed by atoms with E-state index in [0.717, 1.165) is 24.9 Å². The van der Waals surface area contributed by atoms with Crippen molar-refractivity contribution in [2.75, 3.05) is 11.9 Å². The molecule has 1 saturated carbocycles. The number of nitrogens with one attached hydrogen (secondary N) is 1. The van der Waals surface area contributed by atoms with Crippen LogP contribution in [0, 0.1) is 5.92 Å². The molecule has 3 rings (SSSR count). The van der Waals surface area contributed by atoms with Gasteiger partial charge in [-0.25, -0.2) is 4.52 Å². The monoisotopic (exact) mass is 280 g/mol. The Balaban J connectivity index is 1.68. The second-order valence-electron chi connectivity index (χ2n) is 5.08. The fourth-order valence-electron chi connectivity index (χ4n) is 2.58. The van der Waals surface area contributed by atoms with Gasteiger partial charge in [0, 0.05) is 18.7 Å². The van der Waals surface area contributed by atoms with Gasteiger partial charge in [-0.05, 0) is 25.0 Å². The fourth-order valence-corrected chi connectivity index (χ4v) is 2.74. The molecule has 0 aromatic carbocycles. The summed E-state index contributed by atoms with van der Waals surface area (Å²) in [7, 11) is 0. The maximum Gasteiger partial charge on any atom is 0.243 e. The van der Waals surface area contributed by atoms with Crippen molar-refractivity contribution >= 4 is 23.2 Å². The molecular weight excluding hydrogens is 264 g/mol. The van der Waals surface area contributed by atoms with Crippen molar-refractivity contribution in [1.29, 1.82) is 0 Å². The number of pyridine rings is 1. The quantitative estimate of drug-likeness (QED) is 0.906. The molecule has 2 atom stereocenters. The molecular formula is C13H17ClN4O. The summed E-state index contributed by atoms with van der Waals surface area (Å²) in [5.74, 6) is 0.879. The van der Waals surface area contributed by atoms with E-state index in [1.54, 1.807) is 16.8 Å². The molecule has 2 N–H and O–H groups in total. The van der Waals surface area contributed by atoms with Gasteiger partial charge in [-0.3, -0.25) is 0 Å². The van der Waals surface area contributed by atoms with Gasteiger partial charge in [0.1, 0.15) is 0 Å². The zero-order chi connectivity index (χ0) is 13.2. The second kappa shape index (κ2) is 5.35. The Morgan fingerprint density at radius 3 is 3.05 bits per heavy atom. The van der Waals surface area contributed by atoms with Gasteiger partial charge in [-0.2, -0.15) is 4.98 Å². The van der Waals surface area contributed by atoms with E-state index in [1.807, 2.05) is 6.07 Å². The van der Waals surface area contributed by atoms with Crippen molar-refractivity contribution < 1.29 is 5.11 Å². The van der Waals surface area contributed by atoms with E-state index < -0.39 is 0 Å². The third kappa shape index (κ3) is 2.82. The van der Waals surface area contributed by atoms with Crippen LogP contribution in [0.1, 0.15) is 25.7 Å². The van der Waals surface area contributed by atoms with Gasteiger partial charge in [0.2, 0.25) is 5.95 Å². The Morgan fingerprint density at radius 1 is 1.37 bits per heavy atom. The number of nitrogens with zero attached hydrogens (tertiary/aromatic N) is 3. The SMILES string of the molecule is OC1CCCCC1CNc1nc2ccc(Cl)cn2n1. The molecule has 6 heteroatoms.